The average molecular weight is 358 g/mol. The maximum Gasteiger partial charge on any atom is 0.264 e. The molecule has 2 aromatic rings. The summed E-state index contributed by atoms with van der Waals surface area (Å²) in [6.07, 6.45) is -1.45. The Bertz CT molecular complexity index is 895. The molecule has 1 heterocycles. The van der Waals surface area contributed by atoms with Crippen molar-refractivity contribution >= 4 is 11.7 Å². The van der Waals surface area contributed by atoms with Crippen LogP contribution in [0.15, 0.2) is 47.5 Å². The molecule has 0 aliphatic carbocycles. The number of amides is 1. The van der Waals surface area contributed by atoms with E-state index in [0.29, 0.717) is 28.3 Å². The molecule has 1 aliphatic rings. The summed E-state index contributed by atoms with van der Waals surface area (Å²) in [6, 6.07) is 10.9. The van der Waals surface area contributed by atoms with Gasteiger partial charge >= 0.3 is 0 Å². The SMILES string of the molecule is CC1=NC(c2cccc(F)c2)(c2ccc(OC(C)F)c(C)c2)C(=O)N1C. The van der Waals surface area contributed by atoms with Gasteiger partial charge in [-0.3, -0.25) is 4.79 Å². The van der Waals surface area contributed by atoms with E-state index in [1.54, 1.807) is 51.2 Å². The van der Waals surface area contributed by atoms with Crippen molar-refractivity contribution in [1.29, 1.82) is 0 Å². The second kappa shape index (κ2) is 6.52. The molecular weight excluding hydrogens is 338 g/mol. The summed E-state index contributed by atoms with van der Waals surface area (Å²) in [5.41, 5.74) is 0.315. The molecule has 2 aromatic carbocycles. The first-order valence-electron chi connectivity index (χ1n) is 8.28. The lowest BCUT2D eigenvalue weighted by Crippen LogP contribution is -2.39. The van der Waals surface area contributed by atoms with E-state index in [1.165, 1.54) is 24.0 Å². The van der Waals surface area contributed by atoms with Crippen molar-refractivity contribution in [3.63, 3.8) is 0 Å². The second-order valence-corrected chi connectivity index (χ2v) is 6.39. The highest BCUT2D eigenvalue weighted by molar-refractivity contribution is 6.09. The Morgan fingerprint density at radius 1 is 1.15 bits per heavy atom. The van der Waals surface area contributed by atoms with Crippen LogP contribution in [0, 0.1) is 12.7 Å². The van der Waals surface area contributed by atoms with Gasteiger partial charge in [0.25, 0.3) is 5.91 Å². The summed E-state index contributed by atoms with van der Waals surface area (Å²) < 4.78 is 32.2. The standard InChI is InChI=1S/C20H20F2N2O2/c1-12-10-16(8-9-18(12)26-13(2)21)20(15-6-5-7-17(22)11-15)19(25)24(4)14(3)23-20/h5-11,13H,1-4H3. The van der Waals surface area contributed by atoms with Crippen LogP contribution in [-0.4, -0.2) is 30.0 Å². The lowest BCUT2D eigenvalue weighted by atomic mass is 9.82. The molecule has 136 valence electrons. The molecule has 0 saturated carbocycles. The molecule has 0 bridgehead atoms. The molecule has 0 aromatic heterocycles. The Kier molecular flexibility index (Phi) is 4.52. The first kappa shape index (κ1) is 18.0. The highest BCUT2D eigenvalue weighted by atomic mass is 19.1. The highest BCUT2D eigenvalue weighted by Gasteiger charge is 2.49. The van der Waals surface area contributed by atoms with Crippen LogP contribution in [0.1, 0.15) is 30.5 Å². The number of hydrogen-bond acceptors (Lipinski definition) is 3. The van der Waals surface area contributed by atoms with E-state index in [0.717, 1.165) is 0 Å². The summed E-state index contributed by atoms with van der Waals surface area (Å²) in [5, 5.41) is 0. The Hall–Kier alpha value is -2.76. The number of aliphatic imine (C=N–C) groups is 1. The third-order valence-electron chi connectivity index (χ3n) is 4.55. The predicted octanol–water partition coefficient (Wildman–Crippen LogP) is 3.96. The molecule has 6 heteroatoms. The molecule has 0 N–H and O–H groups in total. The van der Waals surface area contributed by atoms with E-state index in [4.69, 9.17) is 4.74 Å². The summed E-state index contributed by atoms with van der Waals surface area (Å²) >= 11 is 0. The number of carbonyl (C=O) groups is 1. The van der Waals surface area contributed by atoms with Crippen LogP contribution in [0.5, 0.6) is 5.75 Å². The van der Waals surface area contributed by atoms with E-state index in [1.807, 2.05) is 0 Å². The lowest BCUT2D eigenvalue weighted by Gasteiger charge is -2.27. The minimum Gasteiger partial charge on any atom is -0.460 e. The Labute approximate surface area is 151 Å². The van der Waals surface area contributed by atoms with Crippen LogP contribution in [0.3, 0.4) is 0 Å². The zero-order valence-corrected chi connectivity index (χ0v) is 15.1. The van der Waals surface area contributed by atoms with Gasteiger partial charge in [-0.2, -0.15) is 0 Å². The van der Waals surface area contributed by atoms with Gasteiger partial charge in [-0.25, -0.2) is 13.8 Å². The van der Waals surface area contributed by atoms with Crippen molar-refractivity contribution in [2.75, 3.05) is 7.05 Å². The normalized spacial score (nSPS) is 20.9. The maximum atomic E-state index is 13.9. The largest absolute Gasteiger partial charge is 0.460 e. The van der Waals surface area contributed by atoms with Crippen molar-refractivity contribution in [1.82, 2.24) is 4.90 Å². The van der Waals surface area contributed by atoms with Crippen LogP contribution in [0.25, 0.3) is 0 Å². The number of halogens is 2. The molecule has 2 unspecified atom stereocenters. The molecule has 4 nitrogen and oxygen atoms in total. The van der Waals surface area contributed by atoms with Crippen molar-refractivity contribution in [2.45, 2.75) is 32.7 Å². The molecule has 0 spiro atoms. The number of nitrogens with zero attached hydrogens (tertiary/aromatic N) is 2. The third kappa shape index (κ3) is 2.85. The maximum absolute atomic E-state index is 13.9. The minimum absolute atomic E-state index is 0.271. The molecule has 3 rings (SSSR count). The first-order chi connectivity index (χ1) is 12.3. The van der Waals surface area contributed by atoms with Gasteiger partial charge in [-0.1, -0.05) is 18.2 Å². The minimum atomic E-state index is -1.45. The molecule has 1 amide bonds. The van der Waals surface area contributed by atoms with Gasteiger partial charge in [-0.05, 0) is 54.8 Å². The van der Waals surface area contributed by atoms with E-state index >= 15 is 0 Å². The second-order valence-electron chi connectivity index (χ2n) is 6.39. The third-order valence-corrected chi connectivity index (χ3v) is 4.55. The van der Waals surface area contributed by atoms with E-state index in [-0.39, 0.29) is 5.91 Å². The van der Waals surface area contributed by atoms with Crippen LogP contribution >= 0.6 is 0 Å². The zero-order chi connectivity index (χ0) is 19.1. The van der Waals surface area contributed by atoms with Crippen molar-refractivity contribution in [3.8, 4) is 5.75 Å². The summed E-state index contributed by atoms with van der Waals surface area (Å²) in [4.78, 5) is 19.2. The number of amidine groups is 1. The Balaban J connectivity index is 2.21. The van der Waals surface area contributed by atoms with Gasteiger partial charge in [-0.15, -0.1) is 0 Å². The summed E-state index contributed by atoms with van der Waals surface area (Å²) in [7, 11) is 1.64. The first-order valence-corrected chi connectivity index (χ1v) is 8.28. The highest BCUT2D eigenvalue weighted by Crippen LogP contribution is 2.41. The van der Waals surface area contributed by atoms with Gasteiger partial charge in [0, 0.05) is 14.0 Å². The molecule has 0 fully saturated rings. The zero-order valence-electron chi connectivity index (χ0n) is 15.1. The molecule has 0 saturated heterocycles. The molecule has 0 radical (unpaired) electrons. The number of carbonyl (C=O) groups excluding carboxylic acids is 1. The van der Waals surface area contributed by atoms with E-state index in [9.17, 15) is 13.6 Å². The molecule has 1 aliphatic heterocycles. The van der Waals surface area contributed by atoms with Gasteiger partial charge in [0.2, 0.25) is 6.36 Å². The lowest BCUT2D eigenvalue weighted by molar-refractivity contribution is -0.129. The van der Waals surface area contributed by atoms with Crippen LogP contribution < -0.4 is 4.74 Å². The molecular formula is C20H20F2N2O2. The monoisotopic (exact) mass is 358 g/mol. The molecule has 2 atom stereocenters. The van der Waals surface area contributed by atoms with E-state index < -0.39 is 17.7 Å². The summed E-state index contributed by atoms with van der Waals surface area (Å²) in [5.74, 6) is 0.208. The van der Waals surface area contributed by atoms with Crippen molar-refractivity contribution < 1.29 is 18.3 Å². The number of likely N-dealkylation sites (N-methyl/N-ethyl adjacent to an activating group) is 1. The topological polar surface area (TPSA) is 41.9 Å². The van der Waals surface area contributed by atoms with Gasteiger partial charge < -0.3 is 9.64 Å². The smallest absolute Gasteiger partial charge is 0.264 e. The van der Waals surface area contributed by atoms with Crippen LogP contribution in [0.4, 0.5) is 8.78 Å². The van der Waals surface area contributed by atoms with Crippen LogP contribution in [-0.2, 0) is 10.3 Å². The Morgan fingerprint density at radius 3 is 2.38 bits per heavy atom. The quantitative estimate of drug-likeness (QED) is 0.830. The number of benzene rings is 2. The number of aryl methyl sites for hydroxylation is 1. The van der Waals surface area contributed by atoms with E-state index in [2.05, 4.69) is 4.99 Å². The number of alkyl halides is 1. The summed E-state index contributed by atoms with van der Waals surface area (Å²) in [6.45, 7) is 4.79. The van der Waals surface area contributed by atoms with Crippen molar-refractivity contribution in [2.24, 2.45) is 4.99 Å². The predicted molar refractivity (Wildman–Crippen MR) is 95.4 cm³/mol. The van der Waals surface area contributed by atoms with Gasteiger partial charge in [0.05, 0.1) is 0 Å². The number of ether oxygens (including phenoxy) is 1. The average Bonchev–Trinajstić information content (AvgIpc) is 2.81. The van der Waals surface area contributed by atoms with Crippen LogP contribution in [0.2, 0.25) is 0 Å². The number of hydrogen-bond donors (Lipinski definition) is 0. The fraction of sp³-hybridized carbons (Fsp3) is 0.300. The fourth-order valence-corrected chi connectivity index (χ4v) is 3.19. The van der Waals surface area contributed by atoms with Crippen molar-refractivity contribution in [3.05, 3.63) is 65.0 Å². The fourth-order valence-electron chi connectivity index (χ4n) is 3.19. The Morgan fingerprint density at radius 2 is 1.85 bits per heavy atom. The van der Waals surface area contributed by atoms with Gasteiger partial charge in [0.1, 0.15) is 17.4 Å². The molecule has 26 heavy (non-hydrogen) atoms. The number of rotatable bonds is 4. The van der Waals surface area contributed by atoms with Gasteiger partial charge in [0.15, 0.2) is 5.54 Å².